The number of ketones is 1. The summed E-state index contributed by atoms with van der Waals surface area (Å²) >= 11 is 0. The molecule has 0 radical (unpaired) electrons. The van der Waals surface area contributed by atoms with Gasteiger partial charge in [0.25, 0.3) is 10.0 Å². The molecule has 10 nitrogen and oxygen atoms in total. The van der Waals surface area contributed by atoms with Gasteiger partial charge in [-0.05, 0) is 30.0 Å². The van der Waals surface area contributed by atoms with E-state index in [1.54, 1.807) is 77.5 Å². The van der Waals surface area contributed by atoms with Crippen molar-refractivity contribution in [1.82, 2.24) is 14.3 Å². The highest BCUT2D eigenvalue weighted by molar-refractivity contribution is 7.90. The van der Waals surface area contributed by atoms with Crippen LogP contribution in [0.3, 0.4) is 0 Å². The maximum Gasteiger partial charge on any atom is 0.423 e. The molecule has 12 heteroatoms. The van der Waals surface area contributed by atoms with Gasteiger partial charge in [-0.1, -0.05) is 118 Å². The fourth-order valence-corrected chi connectivity index (χ4v) is 6.85. The zero-order valence-electron chi connectivity index (χ0n) is 29.2. The number of imidazole rings is 1. The lowest BCUT2D eigenvalue weighted by Gasteiger charge is -2.15. The monoisotopic (exact) mass is 725 g/mol. The van der Waals surface area contributed by atoms with Gasteiger partial charge in [-0.15, -0.1) is 0 Å². The van der Waals surface area contributed by atoms with Crippen LogP contribution in [-0.4, -0.2) is 42.2 Å². The van der Waals surface area contributed by atoms with Crippen LogP contribution < -0.4 is 4.72 Å². The van der Waals surface area contributed by atoms with Crippen LogP contribution in [0.4, 0.5) is 9.18 Å². The summed E-state index contributed by atoms with van der Waals surface area (Å²) in [4.78, 5) is 43.7. The molecule has 1 aromatic heterocycles. The highest BCUT2D eigenvalue weighted by Crippen LogP contribution is 2.28. The summed E-state index contributed by atoms with van der Waals surface area (Å²) in [6.07, 6.45) is -1.56. The highest BCUT2D eigenvalue weighted by atomic mass is 32.2. The number of nitrogens with zero attached hydrogens (tertiary/aromatic N) is 2. The molecular formula is C40H40FN3O7S. The van der Waals surface area contributed by atoms with Crippen LogP contribution in [0.2, 0.25) is 0 Å². The van der Waals surface area contributed by atoms with Crippen molar-refractivity contribution in [3.63, 3.8) is 0 Å². The summed E-state index contributed by atoms with van der Waals surface area (Å²) in [7, 11) is -4.40. The molecule has 5 rings (SSSR count). The number of benzene rings is 4. The Bertz CT molecular complexity index is 2150. The standard InChI is InChI=1S/C40H40FN3O7S/c1-4-14-36-42-33(5-2)37(39(46)50-26-30-17-10-11-19-32(30)38(45)29-15-8-7-9-16-29)44(36)25-27-21-23-28(24-22-27)31-18-12-13-20-34(31)52(48,49)43-40(47)51-35(41)6-3/h7-13,15-24,35H,4-6,14,25-26H2,1-3H3,(H,43,47). The van der Waals surface area contributed by atoms with Gasteiger partial charge in [0, 0.05) is 41.6 Å². The van der Waals surface area contributed by atoms with E-state index < -0.39 is 28.4 Å². The van der Waals surface area contributed by atoms with E-state index in [4.69, 9.17) is 9.72 Å². The van der Waals surface area contributed by atoms with E-state index in [9.17, 15) is 27.2 Å². The molecule has 0 fully saturated rings. The Balaban J connectivity index is 1.39. The van der Waals surface area contributed by atoms with Gasteiger partial charge in [-0.25, -0.2) is 32.1 Å². The van der Waals surface area contributed by atoms with Gasteiger partial charge in [0.15, 0.2) is 11.5 Å². The summed E-state index contributed by atoms with van der Waals surface area (Å²) in [5, 5.41) is 0. The first-order valence-corrected chi connectivity index (χ1v) is 18.5. The van der Waals surface area contributed by atoms with Crippen molar-refractivity contribution in [2.45, 2.75) is 70.9 Å². The molecule has 1 N–H and O–H groups in total. The Kier molecular flexibility index (Phi) is 12.3. The number of alkyl halides is 1. The van der Waals surface area contributed by atoms with Gasteiger partial charge in [-0.2, -0.15) is 0 Å². The number of esters is 1. The number of aromatic nitrogens is 2. The molecule has 0 saturated heterocycles. The summed E-state index contributed by atoms with van der Waals surface area (Å²) in [5.74, 6) is -0.00221. The van der Waals surface area contributed by atoms with Crippen molar-refractivity contribution >= 4 is 27.9 Å². The summed E-state index contributed by atoms with van der Waals surface area (Å²) in [5.41, 5.74) is 4.17. The maximum absolute atomic E-state index is 13.8. The molecule has 1 unspecified atom stereocenters. The van der Waals surface area contributed by atoms with E-state index in [2.05, 4.69) is 4.74 Å². The third kappa shape index (κ3) is 8.81. The smallest absolute Gasteiger partial charge is 0.423 e. The zero-order chi connectivity index (χ0) is 37.3. The predicted octanol–water partition coefficient (Wildman–Crippen LogP) is 7.82. The molecular weight excluding hydrogens is 686 g/mol. The first kappa shape index (κ1) is 37.6. The van der Waals surface area contributed by atoms with Crippen LogP contribution in [0.5, 0.6) is 0 Å². The minimum absolute atomic E-state index is 0.110. The van der Waals surface area contributed by atoms with E-state index in [-0.39, 0.29) is 30.3 Å². The minimum atomic E-state index is -4.40. The van der Waals surface area contributed by atoms with Gasteiger partial charge in [0.05, 0.1) is 10.6 Å². The molecule has 0 aliphatic carbocycles. The number of hydrogen-bond acceptors (Lipinski definition) is 8. The van der Waals surface area contributed by atoms with Crippen molar-refractivity contribution in [1.29, 1.82) is 0 Å². The number of sulfonamides is 1. The topological polar surface area (TPSA) is 134 Å². The number of ether oxygens (including phenoxy) is 2. The fraction of sp³-hybridized carbons (Fsp3) is 0.250. The Morgan fingerprint density at radius 2 is 1.54 bits per heavy atom. The minimum Gasteiger partial charge on any atom is -0.456 e. The third-order valence-electron chi connectivity index (χ3n) is 8.33. The fourth-order valence-electron chi connectivity index (χ4n) is 5.74. The average Bonchev–Trinajstić information content (AvgIpc) is 3.50. The van der Waals surface area contributed by atoms with E-state index in [0.29, 0.717) is 52.0 Å². The number of carbonyl (C=O) groups is 3. The third-order valence-corrected chi connectivity index (χ3v) is 9.70. The van der Waals surface area contributed by atoms with E-state index in [1.807, 2.05) is 36.6 Å². The van der Waals surface area contributed by atoms with Crippen molar-refractivity contribution in [2.75, 3.05) is 0 Å². The van der Waals surface area contributed by atoms with Crippen molar-refractivity contribution in [3.8, 4) is 11.1 Å². The van der Waals surface area contributed by atoms with Gasteiger partial charge in [0.2, 0.25) is 6.36 Å². The Hall–Kier alpha value is -5.62. The number of carbonyl (C=O) groups excluding carboxylic acids is 3. The van der Waals surface area contributed by atoms with Crippen LogP contribution in [0, 0.1) is 0 Å². The molecule has 1 heterocycles. The van der Waals surface area contributed by atoms with Gasteiger partial charge >= 0.3 is 12.1 Å². The second-order valence-electron chi connectivity index (χ2n) is 12.0. The Labute approximate surface area is 302 Å². The molecule has 1 amide bonds. The maximum atomic E-state index is 13.8. The summed E-state index contributed by atoms with van der Waals surface area (Å²) in [6.45, 7) is 5.57. The zero-order valence-corrected chi connectivity index (χ0v) is 30.0. The molecule has 0 aliphatic rings. The lowest BCUT2D eigenvalue weighted by atomic mass is 9.99. The van der Waals surface area contributed by atoms with Crippen LogP contribution in [-0.2, 0) is 45.5 Å². The van der Waals surface area contributed by atoms with Gasteiger partial charge in [0.1, 0.15) is 12.4 Å². The molecule has 0 spiro atoms. The van der Waals surface area contributed by atoms with E-state index in [1.165, 1.54) is 19.1 Å². The lowest BCUT2D eigenvalue weighted by molar-refractivity contribution is 0.0150. The van der Waals surface area contributed by atoms with Crippen LogP contribution in [0.25, 0.3) is 11.1 Å². The van der Waals surface area contributed by atoms with Gasteiger partial charge in [-0.3, -0.25) is 4.79 Å². The number of amides is 1. The first-order valence-electron chi connectivity index (χ1n) is 17.0. The quantitative estimate of drug-likeness (QED) is 0.0853. The second kappa shape index (κ2) is 17.1. The molecule has 5 aromatic rings. The molecule has 52 heavy (non-hydrogen) atoms. The number of nitrogens with one attached hydrogen (secondary N) is 1. The van der Waals surface area contributed by atoms with Crippen LogP contribution in [0.1, 0.15) is 82.7 Å². The van der Waals surface area contributed by atoms with Crippen molar-refractivity contribution < 1.29 is 36.7 Å². The molecule has 0 saturated carbocycles. The molecule has 4 aromatic carbocycles. The number of hydrogen-bond donors (Lipinski definition) is 1. The van der Waals surface area contributed by atoms with E-state index in [0.717, 1.165) is 17.8 Å². The van der Waals surface area contributed by atoms with Crippen molar-refractivity contribution in [3.05, 3.63) is 143 Å². The molecule has 270 valence electrons. The first-order chi connectivity index (χ1) is 25.1. The van der Waals surface area contributed by atoms with Crippen molar-refractivity contribution in [2.24, 2.45) is 0 Å². The summed E-state index contributed by atoms with van der Waals surface area (Å²) in [6, 6.07) is 29.2. The second-order valence-corrected chi connectivity index (χ2v) is 13.6. The predicted molar refractivity (Wildman–Crippen MR) is 194 cm³/mol. The molecule has 1 atom stereocenters. The number of halogens is 1. The number of aryl methyl sites for hydroxylation is 2. The molecule has 0 aliphatic heterocycles. The summed E-state index contributed by atoms with van der Waals surface area (Å²) < 4.78 is 53.7. The van der Waals surface area contributed by atoms with Gasteiger partial charge < -0.3 is 14.0 Å². The van der Waals surface area contributed by atoms with Crippen LogP contribution in [0.15, 0.2) is 108 Å². The SMILES string of the molecule is CCCc1nc(CC)c(C(=O)OCc2ccccc2C(=O)c2ccccc2)n1Cc1ccc(-c2ccccc2S(=O)(=O)NC(=O)OC(F)CC)cc1. The Morgan fingerprint density at radius 3 is 2.23 bits per heavy atom. The molecule has 0 bridgehead atoms. The number of rotatable bonds is 15. The Morgan fingerprint density at radius 1 is 0.865 bits per heavy atom. The van der Waals surface area contributed by atoms with E-state index >= 15 is 0 Å². The lowest BCUT2D eigenvalue weighted by Crippen LogP contribution is -2.33. The average molecular weight is 726 g/mol. The largest absolute Gasteiger partial charge is 0.456 e. The van der Waals surface area contributed by atoms with Crippen LogP contribution >= 0.6 is 0 Å². The normalized spacial score (nSPS) is 11.8. The highest BCUT2D eigenvalue weighted by Gasteiger charge is 2.26.